The maximum absolute atomic E-state index is 4.95. The van der Waals surface area contributed by atoms with Crippen LogP contribution in [0.3, 0.4) is 0 Å². The Morgan fingerprint density at radius 1 is 1.00 bits per heavy atom. The van der Waals surface area contributed by atoms with E-state index in [1.165, 1.54) is 0 Å². The smallest absolute Gasteiger partial charge is 0.178 e. The highest BCUT2D eigenvalue weighted by Crippen LogP contribution is 2.08. The predicted molar refractivity (Wildman–Crippen MR) is 86.8 cm³/mol. The van der Waals surface area contributed by atoms with E-state index in [4.69, 9.17) is 12.2 Å². The van der Waals surface area contributed by atoms with Gasteiger partial charge < -0.3 is 9.80 Å². The fourth-order valence-electron chi connectivity index (χ4n) is 1.46. The molecule has 2 heterocycles. The lowest BCUT2D eigenvalue weighted by Crippen LogP contribution is -2.32. The van der Waals surface area contributed by atoms with E-state index in [9.17, 15) is 0 Å². The van der Waals surface area contributed by atoms with Gasteiger partial charge in [0.2, 0.25) is 0 Å². The molecule has 0 radical (unpaired) electrons. The third kappa shape index (κ3) is 4.38. The summed E-state index contributed by atoms with van der Waals surface area (Å²) in [6.07, 6.45) is 1.73. The van der Waals surface area contributed by atoms with Crippen LogP contribution in [-0.4, -0.2) is 58.1 Å². The summed E-state index contributed by atoms with van der Waals surface area (Å²) in [6, 6.07) is 3.79. The zero-order valence-corrected chi connectivity index (χ0v) is 13.7. The maximum atomic E-state index is 4.95. The van der Waals surface area contributed by atoms with Crippen molar-refractivity contribution in [2.45, 2.75) is 13.8 Å². The lowest BCUT2D eigenvalue weighted by Gasteiger charge is -2.20. The number of nitrogens with zero attached hydrogens (tertiary/aromatic N) is 5. The summed E-state index contributed by atoms with van der Waals surface area (Å²) in [5.74, 6) is 0. The second kappa shape index (κ2) is 7.09. The first-order chi connectivity index (χ1) is 9.32. The zero-order chi connectivity index (χ0) is 15.3. The second-order valence-corrected chi connectivity index (χ2v) is 5.18. The van der Waals surface area contributed by atoms with Crippen molar-refractivity contribution >= 4 is 28.5 Å². The van der Waals surface area contributed by atoms with Gasteiger partial charge in [0.15, 0.2) is 10.8 Å². The molecule has 108 valence electrons. The Balaban J connectivity index is 0.000000221. The van der Waals surface area contributed by atoms with E-state index in [1.54, 1.807) is 6.20 Å². The van der Waals surface area contributed by atoms with Crippen molar-refractivity contribution in [1.29, 1.82) is 0 Å². The van der Waals surface area contributed by atoms with E-state index >= 15 is 0 Å². The number of fused-ring (bicyclic) bond motifs is 1. The van der Waals surface area contributed by atoms with Crippen LogP contribution in [0.4, 0.5) is 0 Å². The summed E-state index contributed by atoms with van der Waals surface area (Å²) in [7, 11) is 7.73. The number of aromatic nitrogens is 3. The topological polar surface area (TPSA) is 45.2 Å². The predicted octanol–water partition coefficient (Wildman–Crippen LogP) is 2.04. The molecule has 0 bridgehead atoms. The molecule has 0 N–H and O–H groups in total. The van der Waals surface area contributed by atoms with Crippen molar-refractivity contribution in [1.82, 2.24) is 24.8 Å². The minimum atomic E-state index is 0.723. The van der Waals surface area contributed by atoms with E-state index in [0.29, 0.717) is 0 Å². The highest BCUT2D eigenvalue weighted by atomic mass is 32.1. The summed E-state index contributed by atoms with van der Waals surface area (Å²) in [6.45, 7) is 3.89. The number of aryl methyl sites for hydroxylation is 2. The fraction of sp³-hybridized carbons (Fsp3) is 0.429. The highest BCUT2D eigenvalue weighted by Gasteiger charge is 1.99. The lowest BCUT2D eigenvalue weighted by molar-refractivity contribution is 0.501. The molecular formula is C14H21N5S. The summed E-state index contributed by atoms with van der Waals surface area (Å²) in [4.78, 5) is 16.6. The van der Waals surface area contributed by atoms with Gasteiger partial charge in [0.1, 0.15) is 5.52 Å². The van der Waals surface area contributed by atoms with Crippen LogP contribution in [0, 0.1) is 13.8 Å². The molecule has 0 spiro atoms. The maximum Gasteiger partial charge on any atom is 0.178 e. The average Bonchev–Trinajstić information content (AvgIpc) is 2.39. The Kier molecular flexibility index (Phi) is 5.76. The molecule has 0 atom stereocenters. The fourth-order valence-corrected chi connectivity index (χ4v) is 1.46. The van der Waals surface area contributed by atoms with Crippen molar-refractivity contribution < 1.29 is 0 Å². The van der Waals surface area contributed by atoms with Crippen LogP contribution < -0.4 is 0 Å². The number of pyridine rings is 1. The minimum absolute atomic E-state index is 0.723. The van der Waals surface area contributed by atoms with Gasteiger partial charge in [0.05, 0.1) is 11.4 Å². The zero-order valence-electron chi connectivity index (χ0n) is 12.9. The molecule has 0 aliphatic carbocycles. The Morgan fingerprint density at radius 2 is 1.55 bits per heavy atom. The molecule has 5 nitrogen and oxygen atoms in total. The van der Waals surface area contributed by atoms with Gasteiger partial charge in [-0.05, 0) is 38.2 Å². The largest absolute Gasteiger partial charge is 0.355 e. The molecule has 2 aromatic rings. The van der Waals surface area contributed by atoms with Crippen molar-refractivity contribution in [3.8, 4) is 0 Å². The Bertz CT molecular complexity index is 545. The normalized spacial score (nSPS) is 9.70. The Labute approximate surface area is 125 Å². The molecule has 2 aromatic heterocycles. The molecule has 20 heavy (non-hydrogen) atoms. The van der Waals surface area contributed by atoms with E-state index in [-0.39, 0.29) is 0 Å². The van der Waals surface area contributed by atoms with Crippen LogP contribution in [-0.2, 0) is 0 Å². The molecule has 0 amide bonds. The third-order valence-electron chi connectivity index (χ3n) is 2.62. The van der Waals surface area contributed by atoms with Crippen molar-refractivity contribution in [2.24, 2.45) is 0 Å². The quantitative estimate of drug-likeness (QED) is 0.692. The Hall–Kier alpha value is -1.82. The summed E-state index contributed by atoms with van der Waals surface area (Å²) in [5.41, 5.74) is 3.50. The average molecular weight is 291 g/mol. The van der Waals surface area contributed by atoms with E-state index in [1.807, 2.05) is 64.0 Å². The molecule has 0 aliphatic heterocycles. The van der Waals surface area contributed by atoms with Gasteiger partial charge in [0, 0.05) is 34.4 Å². The number of hydrogen-bond donors (Lipinski definition) is 0. The molecule has 0 saturated heterocycles. The van der Waals surface area contributed by atoms with Gasteiger partial charge in [-0.1, -0.05) is 0 Å². The second-order valence-electron chi connectivity index (χ2n) is 4.81. The first-order valence-corrected chi connectivity index (χ1v) is 6.68. The minimum Gasteiger partial charge on any atom is -0.355 e. The summed E-state index contributed by atoms with van der Waals surface area (Å²) in [5, 5.41) is 0.852. The molecule has 0 aliphatic rings. The number of hydrogen-bond acceptors (Lipinski definition) is 4. The molecule has 6 heteroatoms. The van der Waals surface area contributed by atoms with Crippen LogP contribution in [0.15, 0.2) is 18.3 Å². The first kappa shape index (κ1) is 16.2. The molecule has 0 fully saturated rings. The molecule has 0 saturated carbocycles. The van der Waals surface area contributed by atoms with Crippen molar-refractivity contribution in [3.05, 3.63) is 29.7 Å². The van der Waals surface area contributed by atoms with Crippen molar-refractivity contribution in [3.63, 3.8) is 0 Å². The summed E-state index contributed by atoms with van der Waals surface area (Å²) < 4.78 is 0. The lowest BCUT2D eigenvalue weighted by atomic mass is 10.3. The van der Waals surface area contributed by atoms with Gasteiger partial charge in [-0.3, -0.25) is 0 Å². The van der Waals surface area contributed by atoms with E-state index in [2.05, 4.69) is 15.0 Å². The summed E-state index contributed by atoms with van der Waals surface area (Å²) >= 11 is 4.95. The number of rotatable bonds is 0. The van der Waals surface area contributed by atoms with Crippen LogP contribution in [0.25, 0.3) is 11.2 Å². The molecule has 0 aromatic carbocycles. The SMILES string of the molecule is CN(C)C(=S)N(C)C.Cc1nc2cccnc2nc1C. The van der Waals surface area contributed by atoms with Crippen LogP contribution >= 0.6 is 12.2 Å². The molecule has 2 rings (SSSR count). The van der Waals surface area contributed by atoms with E-state index < -0.39 is 0 Å². The molecule has 0 unspecified atom stereocenters. The monoisotopic (exact) mass is 291 g/mol. The first-order valence-electron chi connectivity index (χ1n) is 6.27. The van der Waals surface area contributed by atoms with E-state index in [0.717, 1.165) is 27.7 Å². The standard InChI is InChI=1S/C9H9N3.C5H12N2S/c1-6-7(2)12-9-8(11-6)4-3-5-10-9;1-6(2)5(8)7(3)4/h3-5H,1-2H3;1-4H3. The third-order valence-corrected chi connectivity index (χ3v) is 3.35. The molecular weight excluding hydrogens is 270 g/mol. The highest BCUT2D eigenvalue weighted by molar-refractivity contribution is 7.80. The Morgan fingerprint density at radius 3 is 2.05 bits per heavy atom. The van der Waals surface area contributed by atoms with Gasteiger partial charge in [0.25, 0.3) is 0 Å². The van der Waals surface area contributed by atoms with Gasteiger partial charge >= 0.3 is 0 Å². The van der Waals surface area contributed by atoms with Crippen LogP contribution in [0.5, 0.6) is 0 Å². The van der Waals surface area contributed by atoms with Crippen molar-refractivity contribution in [2.75, 3.05) is 28.2 Å². The van der Waals surface area contributed by atoms with Gasteiger partial charge in [-0.25, -0.2) is 15.0 Å². The number of thiocarbonyl (C=S) groups is 1. The van der Waals surface area contributed by atoms with Crippen LogP contribution in [0.2, 0.25) is 0 Å². The van der Waals surface area contributed by atoms with Crippen LogP contribution in [0.1, 0.15) is 11.4 Å². The van der Waals surface area contributed by atoms with Gasteiger partial charge in [-0.15, -0.1) is 0 Å². The van der Waals surface area contributed by atoms with Gasteiger partial charge in [-0.2, -0.15) is 0 Å².